The number of rotatable bonds is 3. The van der Waals surface area contributed by atoms with Gasteiger partial charge in [-0.3, -0.25) is 0 Å². The molecule has 0 aromatic rings. The first-order valence-corrected chi connectivity index (χ1v) is 4.69. The summed E-state index contributed by atoms with van der Waals surface area (Å²) >= 11 is 0. The van der Waals surface area contributed by atoms with Crippen molar-refractivity contribution in [2.24, 2.45) is 16.5 Å². The zero-order valence-corrected chi connectivity index (χ0v) is 8.14. The third-order valence-electron chi connectivity index (χ3n) is 2.20. The van der Waals surface area contributed by atoms with Gasteiger partial charge in [0.25, 0.3) is 0 Å². The van der Waals surface area contributed by atoms with Gasteiger partial charge >= 0.3 is 0 Å². The molecule has 1 aliphatic rings. The summed E-state index contributed by atoms with van der Waals surface area (Å²) < 4.78 is 0. The molecular weight excluding hydrogens is 164 g/mol. The van der Waals surface area contributed by atoms with Gasteiger partial charge in [0.15, 0.2) is 5.96 Å². The number of hydrogen-bond donors (Lipinski definition) is 3. The van der Waals surface area contributed by atoms with Crippen LogP contribution in [0.2, 0.25) is 0 Å². The molecule has 0 radical (unpaired) electrons. The van der Waals surface area contributed by atoms with Crippen molar-refractivity contribution in [3.8, 4) is 0 Å². The van der Waals surface area contributed by atoms with Crippen LogP contribution in [0.3, 0.4) is 0 Å². The van der Waals surface area contributed by atoms with Gasteiger partial charge in [0.05, 0.1) is 0 Å². The molecule has 0 bridgehead atoms. The Bertz CT molecular complexity index is 226. The minimum absolute atomic E-state index is 0.172. The van der Waals surface area contributed by atoms with Crippen molar-refractivity contribution in [2.75, 3.05) is 13.6 Å². The minimum atomic E-state index is 0.172. The number of aliphatic imine (C=N–C) groups is 1. The summed E-state index contributed by atoms with van der Waals surface area (Å²) in [4.78, 5) is 4.15. The van der Waals surface area contributed by atoms with Crippen LogP contribution in [-0.4, -0.2) is 19.6 Å². The smallest absolute Gasteiger partial charge is 0.190 e. The maximum atomic E-state index is 5.35. The van der Waals surface area contributed by atoms with Gasteiger partial charge in [-0.25, -0.2) is 4.99 Å². The molecule has 13 heavy (non-hydrogen) atoms. The molecule has 74 valence electrons. The van der Waals surface area contributed by atoms with E-state index in [9.17, 15) is 0 Å². The van der Waals surface area contributed by atoms with Crippen molar-refractivity contribution in [1.29, 1.82) is 0 Å². The Labute approximate surface area is 79.1 Å². The number of allylic oxidation sites excluding steroid dienone is 1. The van der Waals surface area contributed by atoms with E-state index in [-0.39, 0.29) is 5.96 Å². The number of guanidine groups is 1. The van der Waals surface area contributed by atoms with Crippen LogP contribution in [0.15, 0.2) is 16.3 Å². The molecule has 0 aromatic carbocycles. The van der Waals surface area contributed by atoms with Crippen molar-refractivity contribution >= 4 is 5.96 Å². The minimum Gasteiger partial charge on any atom is -0.370 e. The summed E-state index contributed by atoms with van der Waals surface area (Å²) in [5, 5.41) is 3.13. The lowest BCUT2D eigenvalue weighted by atomic mass is 9.96. The molecule has 0 unspecified atom stereocenters. The lowest BCUT2D eigenvalue weighted by Crippen LogP contribution is -2.24. The molecule has 0 aromatic heterocycles. The molecule has 0 atom stereocenters. The Hall–Kier alpha value is -1.03. The van der Waals surface area contributed by atoms with Crippen LogP contribution in [0.4, 0.5) is 0 Å². The number of hydrogen-bond acceptors (Lipinski definition) is 2. The van der Waals surface area contributed by atoms with Gasteiger partial charge in [-0.05, 0) is 38.3 Å². The van der Waals surface area contributed by atoms with Gasteiger partial charge in [-0.2, -0.15) is 0 Å². The van der Waals surface area contributed by atoms with Crippen LogP contribution >= 0.6 is 0 Å². The zero-order valence-electron chi connectivity index (χ0n) is 8.14. The Morgan fingerprint density at radius 1 is 1.38 bits per heavy atom. The Morgan fingerprint density at radius 3 is 2.69 bits per heavy atom. The molecule has 0 amide bonds. The van der Waals surface area contributed by atoms with Gasteiger partial charge in [0.1, 0.15) is 0 Å². The van der Waals surface area contributed by atoms with Gasteiger partial charge in [0, 0.05) is 12.2 Å². The fourth-order valence-corrected chi connectivity index (χ4v) is 1.65. The zero-order chi connectivity index (χ0) is 9.68. The number of nitrogens with two attached hydrogens (primary N) is 2. The van der Waals surface area contributed by atoms with Crippen LogP contribution in [0.1, 0.15) is 25.7 Å². The van der Waals surface area contributed by atoms with Crippen LogP contribution in [-0.2, 0) is 0 Å². The molecule has 0 aliphatic heterocycles. The van der Waals surface area contributed by atoms with Crippen LogP contribution in [0.25, 0.3) is 0 Å². The van der Waals surface area contributed by atoms with E-state index in [4.69, 9.17) is 11.5 Å². The van der Waals surface area contributed by atoms with E-state index in [0.717, 1.165) is 25.1 Å². The maximum absolute atomic E-state index is 5.35. The van der Waals surface area contributed by atoms with E-state index in [0.29, 0.717) is 0 Å². The highest BCUT2D eigenvalue weighted by molar-refractivity contribution is 5.77. The third kappa shape index (κ3) is 3.06. The lowest BCUT2D eigenvalue weighted by molar-refractivity contribution is 0.642. The summed E-state index contributed by atoms with van der Waals surface area (Å²) in [5.41, 5.74) is 13.1. The van der Waals surface area contributed by atoms with E-state index in [1.807, 2.05) is 7.05 Å². The first kappa shape index (κ1) is 10.1. The standard InChI is InChI=1S/C9H18N4/c1-12-6-7-4-2-3-5-8(7)13-9(10)11/h12H,2-6H2,1H3,(H4,10,11,13). The van der Waals surface area contributed by atoms with Gasteiger partial charge < -0.3 is 16.8 Å². The normalized spacial score (nSPS) is 17.3. The van der Waals surface area contributed by atoms with Crippen molar-refractivity contribution in [2.45, 2.75) is 25.7 Å². The summed E-state index contributed by atoms with van der Waals surface area (Å²) in [5.74, 6) is 0.172. The monoisotopic (exact) mass is 182 g/mol. The molecule has 0 spiro atoms. The lowest BCUT2D eigenvalue weighted by Gasteiger charge is -2.17. The SMILES string of the molecule is CNCC1=C(N=C(N)N)CCCC1. The maximum Gasteiger partial charge on any atom is 0.190 e. The summed E-state index contributed by atoms with van der Waals surface area (Å²) in [6, 6.07) is 0. The molecule has 0 fully saturated rings. The first-order valence-electron chi connectivity index (χ1n) is 4.69. The van der Waals surface area contributed by atoms with Crippen LogP contribution in [0.5, 0.6) is 0 Å². The van der Waals surface area contributed by atoms with Crippen molar-refractivity contribution in [3.63, 3.8) is 0 Å². The molecule has 5 N–H and O–H groups in total. The largest absolute Gasteiger partial charge is 0.370 e. The van der Waals surface area contributed by atoms with Crippen LogP contribution < -0.4 is 16.8 Å². The summed E-state index contributed by atoms with van der Waals surface area (Å²) in [6.07, 6.45) is 4.57. The molecule has 4 nitrogen and oxygen atoms in total. The van der Waals surface area contributed by atoms with Gasteiger partial charge in [-0.15, -0.1) is 0 Å². The highest BCUT2D eigenvalue weighted by atomic mass is 15.0. The second-order valence-corrected chi connectivity index (χ2v) is 3.32. The van der Waals surface area contributed by atoms with Gasteiger partial charge in [-0.1, -0.05) is 0 Å². The average molecular weight is 182 g/mol. The van der Waals surface area contributed by atoms with E-state index in [2.05, 4.69) is 10.3 Å². The molecule has 4 heteroatoms. The molecule has 1 rings (SSSR count). The van der Waals surface area contributed by atoms with E-state index in [1.54, 1.807) is 0 Å². The second kappa shape index (κ2) is 4.87. The fourth-order valence-electron chi connectivity index (χ4n) is 1.65. The summed E-state index contributed by atoms with van der Waals surface area (Å²) in [6.45, 7) is 0.895. The third-order valence-corrected chi connectivity index (χ3v) is 2.20. The summed E-state index contributed by atoms with van der Waals surface area (Å²) in [7, 11) is 1.94. The van der Waals surface area contributed by atoms with Crippen LogP contribution in [0, 0.1) is 0 Å². The molecule has 0 saturated carbocycles. The Balaban J connectivity index is 2.77. The average Bonchev–Trinajstić information content (AvgIpc) is 2.08. The van der Waals surface area contributed by atoms with Crippen molar-refractivity contribution in [1.82, 2.24) is 5.32 Å². The molecule has 0 saturated heterocycles. The molecule has 0 heterocycles. The molecular formula is C9H18N4. The molecule has 1 aliphatic carbocycles. The van der Waals surface area contributed by atoms with Gasteiger partial charge in [0.2, 0.25) is 0 Å². The fraction of sp³-hybridized carbons (Fsp3) is 0.667. The highest BCUT2D eigenvalue weighted by Gasteiger charge is 2.11. The predicted molar refractivity (Wildman–Crippen MR) is 55.2 cm³/mol. The van der Waals surface area contributed by atoms with Crippen molar-refractivity contribution < 1.29 is 0 Å². The predicted octanol–water partition coefficient (Wildman–Crippen LogP) is 0.307. The topological polar surface area (TPSA) is 76.4 Å². The quantitative estimate of drug-likeness (QED) is 0.434. The number of nitrogens with one attached hydrogen (secondary N) is 1. The Kier molecular flexibility index (Phi) is 3.76. The number of likely N-dealkylation sites (N-methyl/N-ethyl adjacent to an activating group) is 1. The van der Waals surface area contributed by atoms with E-state index >= 15 is 0 Å². The number of nitrogens with zero attached hydrogens (tertiary/aromatic N) is 1. The highest BCUT2D eigenvalue weighted by Crippen LogP contribution is 2.24. The second-order valence-electron chi connectivity index (χ2n) is 3.32. The first-order chi connectivity index (χ1) is 6.24. The van der Waals surface area contributed by atoms with E-state index in [1.165, 1.54) is 18.4 Å². The Morgan fingerprint density at radius 2 is 2.08 bits per heavy atom. The van der Waals surface area contributed by atoms with E-state index < -0.39 is 0 Å². The van der Waals surface area contributed by atoms with Crippen molar-refractivity contribution in [3.05, 3.63) is 11.3 Å².